The van der Waals surface area contributed by atoms with E-state index in [1.54, 1.807) is 7.05 Å². The number of morpholine rings is 1. The van der Waals surface area contributed by atoms with Crippen LogP contribution in [0.1, 0.15) is 24.0 Å². The molecule has 1 aromatic rings. The van der Waals surface area contributed by atoms with E-state index < -0.39 is 0 Å². The van der Waals surface area contributed by atoms with Crippen LogP contribution < -0.4 is 15.4 Å². The fourth-order valence-electron chi connectivity index (χ4n) is 3.03. The Balaban J connectivity index is 0.00000261. The van der Waals surface area contributed by atoms with Gasteiger partial charge in [-0.25, -0.2) is 0 Å². The summed E-state index contributed by atoms with van der Waals surface area (Å²) in [5, 5.41) is 6.76. The van der Waals surface area contributed by atoms with Crippen LogP contribution in [0.5, 0.6) is 5.75 Å². The van der Waals surface area contributed by atoms with Crippen molar-refractivity contribution in [2.45, 2.75) is 32.4 Å². The topological polar surface area (TPSA) is 58.1 Å². The Bertz CT molecular complexity index is 622. The van der Waals surface area contributed by atoms with Crippen molar-refractivity contribution in [3.8, 4) is 5.75 Å². The van der Waals surface area contributed by atoms with E-state index in [2.05, 4.69) is 52.7 Å². The van der Waals surface area contributed by atoms with Gasteiger partial charge in [0.15, 0.2) is 5.96 Å². The molecule has 1 aliphatic heterocycles. The largest absolute Gasteiger partial charge is 0.493 e. The third kappa shape index (κ3) is 7.46. The lowest BCUT2D eigenvalue weighted by Crippen LogP contribution is -2.48. The number of hydrogen-bond acceptors (Lipinski definition) is 4. The number of likely N-dealkylation sites (N-methyl/N-ethyl adjacent to an activating group) is 1. The summed E-state index contributed by atoms with van der Waals surface area (Å²) < 4.78 is 11.8. The third-order valence-electron chi connectivity index (χ3n) is 4.90. The number of benzene rings is 1. The number of halogens is 1. The summed E-state index contributed by atoms with van der Waals surface area (Å²) in [6, 6.07) is 6.39. The minimum Gasteiger partial charge on any atom is -0.493 e. The van der Waals surface area contributed by atoms with E-state index in [-0.39, 0.29) is 30.1 Å². The van der Waals surface area contributed by atoms with E-state index in [0.29, 0.717) is 6.54 Å². The Labute approximate surface area is 180 Å². The van der Waals surface area contributed by atoms with Gasteiger partial charge < -0.3 is 25.0 Å². The number of guanidine groups is 1. The molecule has 7 heteroatoms. The maximum atomic E-state index is 6.05. The highest BCUT2D eigenvalue weighted by atomic mass is 127. The number of hydrogen-bond donors (Lipinski definition) is 2. The molecule has 1 aromatic carbocycles. The Hall–Kier alpha value is -1.06. The van der Waals surface area contributed by atoms with Crippen molar-refractivity contribution < 1.29 is 9.47 Å². The highest BCUT2D eigenvalue weighted by Gasteiger charge is 2.22. The predicted octanol–water partition coefficient (Wildman–Crippen LogP) is 2.40. The van der Waals surface area contributed by atoms with Gasteiger partial charge >= 0.3 is 0 Å². The first kappa shape index (κ1) is 22.2. The second-order valence-corrected chi connectivity index (χ2v) is 7.43. The summed E-state index contributed by atoms with van der Waals surface area (Å²) in [4.78, 5) is 6.62. The highest BCUT2D eigenvalue weighted by molar-refractivity contribution is 14.0. The lowest BCUT2D eigenvalue weighted by atomic mass is 10.1. The van der Waals surface area contributed by atoms with Gasteiger partial charge in [0, 0.05) is 38.8 Å². The van der Waals surface area contributed by atoms with Gasteiger partial charge in [0.05, 0.1) is 19.3 Å². The van der Waals surface area contributed by atoms with Crippen LogP contribution >= 0.6 is 24.0 Å². The average Bonchev–Trinajstić information content (AvgIpc) is 3.46. The summed E-state index contributed by atoms with van der Waals surface area (Å²) >= 11 is 0. The van der Waals surface area contributed by atoms with Gasteiger partial charge in [-0.2, -0.15) is 0 Å². The normalized spacial score (nSPS) is 20.7. The van der Waals surface area contributed by atoms with Crippen molar-refractivity contribution in [2.75, 3.05) is 46.9 Å². The average molecular weight is 488 g/mol. The predicted molar refractivity (Wildman–Crippen MR) is 120 cm³/mol. The van der Waals surface area contributed by atoms with Crippen LogP contribution in [0.25, 0.3) is 0 Å². The number of aryl methyl sites for hydroxylation is 1. The number of nitrogens with zero attached hydrogens (tertiary/aromatic N) is 2. The van der Waals surface area contributed by atoms with E-state index in [1.807, 2.05) is 0 Å². The number of rotatable bonds is 7. The zero-order valence-electron chi connectivity index (χ0n) is 16.7. The van der Waals surface area contributed by atoms with Crippen molar-refractivity contribution in [3.63, 3.8) is 0 Å². The van der Waals surface area contributed by atoms with Crippen molar-refractivity contribution in [3.05, 3.63) is 29.3 Å². The van der Waals surface area contributed by atoms with E-state index >= 15 is 0 Å². The molecule has 0 spiro atoms. The zero-order valence-corrected chi connectivity index (χ0v) is 19.0. The van der Waals surface area contributed by atoms with Gasteiger partial charge in [0.25, 0.3) is 0 Å². The summed E-state index contributed by atoms with van der Waals surface area (Å²) in [6.45, 7) is 7.11. The van der Waals surface area contributed by atoms with Gasteiger partial charge in [-0.1, -0.05) is 12.1 Å². The number of ether oxygens (including phenoxy) is 2. The molecule has 0 aromatic heterocycles. The molecule has 0 radical (unpaired) electrons. The molecule has 1 atom stereocenters. The molecule has 1 unspecified atom stereocenters. The van der Waals surface area contributed by atoms with Crippen LogP contribution in [0.15, 0.2) is 23.2 Å². The maximum absolute atomic E-state index is 6.05. The first-order valence-electron chi connectivity index (χ1n) is 9.61. The molecule has 0 bridgehead atoms. The third-order valence-corrected chi connectivity index (χ3v) is 4.90. The fraction of sp³-hybridized carbons (Fsp3) is 0.650. The molecule has 1 saturated heterocycles. The van der Waals surface area contributed by atoms with Crippen molar-refractivity contribution in [2.24, 2.45) is 10.9 Å². The zero-order chi connectivity index (χ0) is 18.4. The molecule has 2 fully saturated rings. The smallest absolute Gasteiger partial charge is 0.191 e. The fourth-order valence-corrected chi connectivity index (χ4v) is 3.03. The Morgan fingerprint density at radius 2 is 2.15 bits per heavy atom. The second kappa shape index (κ2) is 11.1. The Kier molecular flexibility index (Phi) is 9.11. The summed E-state index contributed by atoms with van der Waals surface area (Å²) in [5.41, 5.74) is 2.38. The van der Waals surface area contributed by atoms with Gasteiger partial charge in [-0.3, -0.25) is 4.99 Å². The Morgan fingerprint density at radius 1 is 1.33 bits per heavy atom. The molecule has 1 aliphatic carbocycles. The molecule has 2 aliphatic rings. The first-order valence-corrected chi connectivity index (χ1v) is 9.61. The van der Waals surface area contributed by atoms with Crippen molar-refractivity contribution in [1.29, 1.82) is 0 Å². The number of aliphatic imine (C=N–C) groups is 1. The maximum Gasteiger partial charge on any atom is 0.191 e. The highest BCUT2D eigenvalue weighted by Crippen LogP contribution is 2.30. The lowest BCUT2D eigenvalue weighted by Gasteiger charge is -2.30. The van der Waals surface area contributed by atoms with Crippen molar-refractivity contribution >= 4 is 29.9 Å². The van der Waals surface area contributed by atoms with Gasteiger partial charge in [-0.15, -0.1) is 24.0 Å². The lowest BCUT2D eigenvalue weighted by molar-refractivity contribution is -0.0161. The summed E-state index contributed by atoms with van der Waals surface area (Å²) in [6.07, 6.45) is 2.80. The van der Waals surface area contributed by atoms with E-state index in [9.17, 15) is 0 Å². The molecular formula is C20H33IN4O2. The molecule has 1 saturated carbocycles. The molecule has 0 amide bonds. The van der Waals surface area contributed by atoms with Crippen LogP contribution in [0.3, 0.4) is 0 Å². The van der Waals surface area contributed by atoms with Gasteiger partial charge in [-0.05, 0) is 44.4 Å². The van der Waals surface area contributed by atoms with Crippen LogP contribution in [-0.4, -0.2) is 63.9 Å². The van der Waals surface area contributed by atoms with E-state index in [0.717, 1.165) is 56.0 Å². The molecule has 2 N–H and O–H groups in total. The monoisotopic (exact) mass is 488 g/mol. The van der Waals surface area contributed by atoms with Crippen molar-refractivity contribution in [1.82, 2.24) is 15.5 Å². The van der Waals surface area contributed by atoms with Gasteiger partial charge in [0.1, 0.15) is 5.75 Å². The van der Waals surface area contributed by atoms with Crippen LogP contribution in [0.4, 0.5) is 0 Å². The van der Waals surface area contributed by atoms with Gasteiger partial charge in [0.2, 0.25) is 0 Å². The molecule has 6 nitrogen and oxygen atoms in total. The van der Waals surface area contributed by atoms with Crippen LogP contribution in [0.2, 0.25) is 0 Å². The molecule has 1 heterocycles. The summed E-state index contributed by atoms with van der Waals surface area (Å²) in [7, 11) is 3.92. The van der Waals surface area contributed by atoms with Crippen LogP contribution in [-0.2, 0) is 11.3 Å². The molecule has 3 rings (SSSR count). The molecule has 152 valence electrons. The van der Waals surface area contributed by atoms with Crippen LogP contribution in [0, 0.1) is 12.8 Å². The first-order chi connectivity index (χ1) is 12.6. The molecule has 27 heavy (non-hydrogen) atoms. The molecular weight excluding hydrogens is 455 g/mol. The number of nitrogens with one attached hydrogen (secondary N) is 2. The second-order valence-electron chi connectivity index (χ2n) is 7.43. The quantitative estimate of drug-likeness (QED) is 0.351. The minimum atomic E-state index is 0. The van der Waals surface area contributed by atoms with E-state index in [4.69, 9.17) is 9.47 Å². The SMILES string of the molecule is CN=C(NCc1ccc(C)cc1OCC1CC1)NCC1CN(C)CCO1.I. The standard InChI is InChI=1S/C20H32N4O2.HI/c1-15-4-7-17(19(10-15)26-14-16-5-6-16)11-22-20(21-2)23-12-18-13-24(3)8-9-25-18;/h4,7,10,16,18H,5-6,8-9,11-14H2,1-3H3,(H2,21,22,23);1H. The summed E-state index contributed by atoms with van der Waals surface area (Å²) in [5.74, 6) is 2.52. The van der Waals surface area contributed by atoms with E-state index in [1.165, 1.54) is 18.4 Å². The minimum absolute atomic E-state index is 0. The Morgan fingerprint density at radius 3 is 2.85 bits per heavy atom.